The average molecular weight is 350 g/mol. The number of hydrogen-bond acceptors (Lipinski definition) is 3. The second-order valence-electron chi connectivity index (χ2n) is 7.08. The second kappa shape index (κ2) is 7.13. The third-order valence-corrected chi connectivity index (χ3v) is 7.24. The fourth-order valence-electron chi connectivity index (χ4n) is 3.71. The van der Waals surface area contributed by atoms with Gasteiger partial charge in [0.1, 0.15) is 0 Å². The summed E-state index contributed by atoms with van der Waals surface area (Å²) in [6.45, 7) is 1.52. The van der Waals surface area contributed by atoms with Gasteiger partial charge in [-0.25, -0.2) is 8.42 Å². The molecule has 0 bridgehead atoms. The standard InChI is InChI=1S/C18H27N3O2S/c1-19-17(20-12-15-8-11-24(22,23)13-15)21-14-18(9-5-10-18)16-6-3-2-4-7-16/h2-4,6-7,15H,5,8-14H2,1H3,(H2,19,20,21). The van der Waals surface area contributed by atoms with Crippen LogP contribution < -0.4 is 10.6 Å². The lowest BCUT2D eigenvalue weighted by atomic mass is 9.64. The molecule has 1 aromatic carbocycles. The molecule has 6 heteroatoms. The van der Waals surface area contributed by atoms with Gasteiger partial charge in [0.15, 0.2) is 15.8 Å². The summed E-state index contributed by atoms with van der Waals surface area (Å²) in [6.07, 6.45) is 4.41. The van der Waals surface area contributed by atoms with E-state index in [9.17, 15) is 8.42 Å². The molecule has 0 radical (unpaired) electrons. The molecule has 1 heterocycles. The van der Waals surface area contributed by atoms with E-state index in [1.165, 1.54) is 24.8 Å². The topological polar surface area (TPSA) is 70.6 Å². The number of nitrogens with one attached hydrogen (secondary N) is 2. The molecule has 0 aromatic heterocycles. The Hall–Kier alpha value is -1.56. The van der Waals surface area contributed by atoms with Crippen molar-refractivity contribution in [2.45, 2.75) is 31.1 Å². The molecule has 1 saturated heterocycles. The average Bonchev–Trinajstić information content (AvgIpc) is 2.89. The van der Waals surface area contributed by atoms with Crippen LogP contribution in [0.25, 0.3) is 0 Å². The number of hydrogen-bond donors (Lipinski definition) is 2. The van der Waals surface area contributed by atoms with Crippen molar-refractivity contribution in [1.82, 2.24) is 10.6 Å². The van der Waals surface area contributed by atoms with Crippen LogP contribution in [0, 0.1) is 5.92 Å². The Balaban J connectivity index is 1.53. The van der Waals surface area contributed by atoms with Gasteiger partial charge in [-0.1, -0.05) is 36.8 Å². The maximum Gasteiger partial charge on any atom is 0.191 e. The van der Waals surface area contributed by atoms with E-state index in [2.05, 4.69) is 46.0 Å². The molecular formula is C18H27N3O2S. The lowest BCUT2D eigenvalue weighted by Gasteiger charge is -2.43. The van der Waals surface area contributed by atoms with E-state index in [1.54, 1.807) is 7.05 Å². The SMILES string of the molecule is CN=C(NCC1CCS(=O)(=O)C1)NCC1(c2ccccc2)CCC1. The third kappa shape index (κ3) is 3.91. The monoisotopic (exact) mass is 349 g/mol. The zero-order valence-electron chi connectivity index (χ0n) is 14.3. The minimum Gasteiger partial charge on any atom is -0.356 e. The molecule has 1 aliphatic carbocycles. The molecule has 24 heavy (non-hydrogen) atoms. The van der Waals surface area contributed by atoms with Crippen LogP contribution in [0.3, 0.4) is 0 Å². The van der Waals surface area contributed by atoms with Gasteiger partial charge in [0.2, 0.25) is 0 Å². The van der Waals surface area contributed by atoms with Crippen molar-refractivity contribution in [3.05, 3.63) is 35.9 Å². The Labute approximate surface area is 144 Å². The molecule has 1 aliphatic heterocycles. The Morgan fingerprint density at radius 3 is 2.54 bits per heavy atom. The molecular weight excluding hydrogens is 322 g/mol. The number of aliphatic imine (C=N–C) groups is 1. The lowest BCUT2D eigenvalue weighted by molar-refractivity contribution is 0.243. The highest BCUT2D eigenvalue weighted by Gasteiger charge is 2.38. The molecule has 1 saturated carbocycles. The predicted molar refractivity (Wildman–Crippen MR) is 98.1 cm³/mol. The summed E-state index contributed by atoms with van der Waals surface area (Å²) in [5.41, 5.74) is 1.59. The molecule has 2 N–H and O–H groups in total. The summed E-state index contributed by atoms with van der Waals surface area (Å²) in [6, 6.07) is 10.7. The zero-order valence-corrected chi connectivity index (χ0v) is 15.1. The largest absolute Gasteiger partial charge is 0.356 e. The van der Waals surface area contributed by atoms with Crippen LogP contribution in [-0.4, -0.2) is 46.0 Å². The van der Waals surface area contributed by atoms with Crippen molar-refractivity contribution < 1.29 is 8.42 Å². The highest BCUT2D eigenvalue weighted by atomic mass is 32.2. The number of benzene rings is 1. The number of nitrogens with zero attached hydrogens (tertiary/aromatic N) is 1. The van der Waals surface area contributed by atoms with Crippen molar-refractivity contribution in [3.63, 3.8) is 0 Å². The smallest absolute Gasteiger partial charge is 0.191 e. The van der Waals surface area contributed by atoms with E-state index in [0.29, 0.717) is 18.1 Å². The highest BCUT2D eigenvalue weighted by Crippen LogP contribution is 2.43. The molecule has 1 aromatic rings. The van der Waals surface area contributed by atoms with Crippen LogP contribution in [0.1, 0.15) is 31.2 Å². The van der Waals surface area contributed by atoms with E-state index in [1.807, 2.05) is 0 Å². The molecule has 2 fully saturated rings. The Bertz CT molecular complexity index is 681. The third-order valence-electron chi connectivity index (χ3n) is 5.40. The van der Waals surface area contributed by atoms with Crippen molar-refractivity contribution in [2.24, 2.45) is 10.9 Å². The second-order valence-corrected chi connectivity index (χ2v) is 9.30. The first-order valence-electron chi connectivity index (χ1n) is 8.73. The minimum absolute atomic E-state index is 0.195. The quantitative estimate of drug-likeness (QED) is 0.627. The van der Waals surface area contributed by atoms with Crippen molar-refractivity contribution in [2.75, 3.05) is 31.6 Å². The zero-order chi connectivity index (χ0) is 17.0. The molecule has 0 spiro atoms. The molecule has 1 unspecified atom stereocenters. The van der Waals surface area contributed by atoms with Crippen LogP contribution >= 0.6 is 0 Å². The summed E-state index contributed by atoms with van der Waals surface area (Å²) < 4.78 is 23.1. The molecule has 3 rings (SSSR count). The van der Waals surface area contributed by atoms with E-state index in [0.717, 1.165) is 18.9 Å². The van der Waals surface area contributed by atoms with Gasteiger partial charge in [-0.2, -0.15) is 0 Å². The van der Waals surface area contributed by atoms with E-state index in [4.69, 9.17) is 0 Å². The van der Waals surface area contributed by atoms with Crippen LogP contribution in [0.4, 0.5) is 0 Å². The maximum atomic E-state index is 11.5. The number of rotatable bonds is 5. The minimum atomic E-state index is -2.82. The van der Waals surface area contributed by atoms with E-state index < -0.39 is 9.84 Å². The van der Waals surface area contributed by atoms with Gasteiger partial charge in [0, 0.05) is 25.6 Å². The summed E-state index contributed by atoms with van der Waals surface area (Å²) in [7, 11) is -1.06. The maximum absolute atomic E-state index is 11.5. The summed E-state index contributed by atoms with van der Waals surface area (Å²) in [5.74, 6) is 1.58. The van der Waals surface area contributed by atoms with Gasteiger partial charge in [-0.05, 0) is 30.7 Å². The molecule has 0 amide bonds. The fraction of sp³-hybridized carbons (Fsp3) is 0.611. The Morgan fingerprint density at radius 2 is 2.00 bits per heavy atom. The van der Waals surface area contributed by atoms with Gasteiger partial charge < -0.3 is 10.6 Å². The Kier molecular flexibility index (Phi) is 5.13. The van der Waals surface area contributed by atoms with E-state index in [-0.39, 0.29) is 11.3 Å². The van der Waals surface area contributed by atoms with Gasteiger partial charge in [-0.3, -0.25) is 4.99 Å². The molecule has 132 valence electrons. The van der Waals surface area contributed by atoms with Crippen molar-refractivity contribution >= 4 is 15.8 Å². The van der Waals surface area contributed by atoms with Gasteiger partial charge in [-0.15, -0.1) is 0 Å². The number of sulfone groups is 1. The van der Waals surface area contributed by atoms with Crippen molar-refractivity contribution in [3.8, 4) is 0 Å². The first kappa shape index (κ1) is 17.3. The molecule has 2 aliphatic rings. The predicted octanol–water partition coefficient (Wildman–Crippen LogP) is 1.71. The summed E-state index contributed by atoms with van der Waals surface area (Å²) in [4.78, 5) is 4.29. The van der Waals surface area contributed by atoms with Crippen molar-refractivity contribution in [1.29, 1.82) is 0 Å². The summed E-state index contributed by atoms with van der Waals surface area (Å²) >= 11 is 0. The fourth-order valence-corrected chi connectivity index (χ4v) is 5.57. The highest BCUT2D eigenvalue weighted by molar-refractivity contribution is 7.91. The normalized spacial score (nSPS) is 25.0. The van der Waals surface area contributed by atoms with Crippen LogP contribution in [0.5, 0.6) is 0 Å². The first-order valence-corrected chi connectivity index (χ1v) is 10.6. The molecule has 5 nitrogen and oxygen atoms in total. The number of guanidine groups is 1. The van der Waals surface area contributed by atoms with Crippen LogP contribution in [-0.2, 0) is 15.3 Å². The van der Waals surface area contributed by atoms with Crippen LogP contribution in [0.2, 0.25) is 0 Å². The Morgan fingerprint density at radius 1 is 1.25 bits per heavy atom. The van der Waals surface area contributed by atoms with E-state index >= 15 is 0 Å². The van der Waals surface area contributed by atoms with Crippen LogP contribution in [0.15, 0.2) is 35.3 Å². The lowest BCUT2D eigenvalue weighted by Crippen LogP contribution is -2.49. The molecule has 1 atom stereocenters. The van der Waals surface area contributed by atoms with Gasteiger partial charge in [0.05, 0.1) is 11.5 Å². The summed E-state index contributed by atoms with van der Waals surface area (Å²) in [5, 5.41) is 6.74. The van der Waals surface area contributed by atoms with Gasteiger partial charge >= 0.3 is 0 Å². The first-order chi connectivity index (χ1) is 11.5. The van der Waals surface area contributed by atoms with Gasteiger partial charge in [0.25, 0.3) is 0 Å².